The molecule has 1 aliphatic heterocycles. The summed E-state index contributed by atoms with van der Waals surface area (Å²) in [5.41, 5.74) is -0.322. The Morgan fingerprint density at radius 1 is 1.60 bits per heavy atom. The van der Waals surface area contributed by atoms with Gasteiger partial charge < -0.3 is 10.6 Å². The van der Waals surface area contributed by atoms with Gasteiger partial charge in [-0.05, 0) is 19.9 Å². The van der Waals surface area contributed by atoms with Crippen LogP contribution in [0.3, 0.4) is 0 Å². The number of hydrogen-bond donors (Lipinski definition) is 2. The quantitative estimate of drug-likeness (QED) is 0.735. The number of rotatable bonds is 2. The van der Waals surface area contributed by atoms with E-state index in [1.807, 2.05) is 6.92 Å². The second-order valence-electron chi connectivity index (χ2n) is 4.03. The third-order valence-electron chi connectivity index (χ3n) is 2.72. The molecule has 2 N–H and O–H groups in total. The molecule has 0 saturated carbocycles. The second kappa shape index (κ2) is 3.94. The molecule has 1 atom stereocenters. The highest BCUT2D eigenvalue weighted by molar-refractivity contribution is 5.94. The molecule has 1 fully saturated rings. The molecule has 1 amide bonds. The molecule has 1 saturated heterocycles. The Kier molecular flexibility index (Phi) is 2.64. The van der Waals surface area contributed by atoms with Crippen LogP contribution in [0.2, 0.25) is 0 Å². The van der Waals surface area contributed by atoms with Crippen LogP contribution in [0.1, 0.15) is 13.3 Å². The Hall–Kier alpha value is -1.49. The Labute approximate surface area is 88.3 Å². The van der Waals surface area contributed by atoms with Gasteiger partial charge in [0.25, 0.3) is 0 Å². The maximum atomic E-state index is 11.9. The standard InChI is InChI=1S/C10H14N4O/c1-10(2-3-12-7-10)9(15)14-8-6-11-4-5-13-8/h4-6,12H,2-3,7H2,1H3,(H,13,14,15). The monoisotopic (exact) mass is 206 g/mol. The van der Waals surface area contributed by atoms with Gasteiger partial charge in [-0.25, -0.2) is 4.98 Å². The molecule has 0 aliphatic carbocycles. The topological polar surface area (TPSA) is 66.9 Å². The SMILES string of the molecule is CC1(C(=O)Nc2cnccn2)CCNC1. The van der Waals surface area contributed by atoms with Crippen molar-refractivity contribution >= 4 is 11.7 Å². The van der Waals surface area contributed by atoms with Gasteiger partial charge in [-0.1, -0.05) is 0 Å². The predicted octanol–water partition coefficient (Wildman–Crippen LogP) is 0.415. The van der Waals surface area contributed by atoms with Crippen molar-refractivity contribution in [2.45, 2.75) is 13.3 Å². The zero-order valence-corrected chi connectivity index (χ0v) is 8.66. The van der Waals surface area contributed by atoms with Crippen molar-refractivity contribution in [3.05, 3.63) is 18.6 Å². The summed E-state index contributed by atoms with van der Waals surface area (Å²) < 4.78 is 0. The number of hydrogen-bond acceptors (Lipinski definition) is 4. The lowest BCUT2D eigenvalue weighted by Crippen LogP contribution is -2.35. The summed E-state index contributed by atoms with van der Waals surface area (Å²) in [5, 5.41) is 5.95. The first-order valence-electron chi connectivity index (χ1n) is 4.99. The molecule has 15 heavy (non-hydrogen) atoms. The van der Waals surface area contributed by atoms with Gasteiger partial charge >= 0.3 is 0 Å². The van der Waals surface area contributed by atoms with Crippen molar-refractivity contribution in [3.63, 3.8) is 0 Å². The van der Waals surface area contributed by atoms with Crippen LogP contribution < -0.4 is 10.6 Å². The summed E-state index contributed by atoms with van der Waals surface area (Å²) in [6, 6.07) is 0. The van der Waals surface area contributed by atoms with E-state index in [4.69, 9.17) is 0 Å². The van der Waals surface area contributed by atoms with E-state index >= 15 is 0 Å². The lowest BCUT2D eigenvalue weighted by atomic mass is 9.89. The van der Waals surface area contributed by atoms with Crippen molar-refractivity contribution in [2.24, 2.45) is 5.41 Å². The molecule has 5 nitrogen and oxygen atoms in total. The summed E-state index contributed by atoms with van der Waals surface area (Å²) in [6.45, 7) is 3.57. The Balaban J connectivity index is 2.04. The van der Waals surface area contributed by atoms with Crippen molar-refractivity contribution in [2.75, 3.05) is 18.4 Å². The minimum absolute atomic E-state index is 0.00741. The van der Waals surface area contributed by atoms with Crippen LogP contribution in [-0.2, 0) is 4.79 Å². The molecule has 1 unspecified atom stereocenters. The second-order valence-corrected chi connectivity index (χ2v) is 4.03. The highest BCUT2D eigenvalue weighted by atomic mass is 16.2. The zero-order chi connectivity index (χ0) is 10.7. The van der Waals surface area contributed by atoms with Gasteiger partial charge in [0.2, 0.25) is 5.91 Å². The first-order chi connectivity index (χ1) is 7.21. The minimum atomic E-state index is -0.322. The predicted molar refractivity (Wildman–Crippen MR) is 56.3 cm³/mol. The maximum absolute atomic E-state index is 11.9. The van der Waals surface area contributed by atoms with Crippen molar-refractivity contribution in [1.82, 2.24) is 15.3 Å². The number of nitrogens with zero attached hydrogens (tertiary/aromatic N) is 2. The van der Waals surface area contributed by atoms with E-state index in [0.29, 0.717) is 5.82 Å². The average molecular weight is 206 g/mol. The molecule has 1 aromatic rings. The smallest absolute Gasteiger partial charge is 0.232 e. The first-order valence-corrected chi connectivity index (χ1v) is 4.99. The van der Waals surface area contributed by atoms with Crippen molar-refractivity contribution in [3.8, 4) is 0 Å². The zero-order valence-electron chi connectivity index (χ0n) is 8.66. The lowest BCUT2D eigenvalue weighted by Gasteiger charge is -2.20. The Bertz CT molecular complexity index is 346. The molecule has 0 bridgehead atoms. The molecular weight excluding hydrogens is 192 g/mol. The number of anilines is 1. The van der Waals surface area contributed by atoms with E-state index < -0.39 is 0 Å². The molecule has 0 radical (unpaired) electrons. The van der Waals surface area contributed by atoms with Crippen LogP contribution in [0.5, 0.6) is 0 Å². The summed E-state index contributed by atoms with van der Waals surface area (Å²) in [7, 11) is 0. The van der Waals surface area contributed by atoms with Gasteiger partial charge in [0.05, 0.1) is 11.6 Å². The van der Waals surface area contributed by atoms with Gasteiger partial charge in [0, 0.05) is 18.9 Å². The highest BCUT2D eigenvalue weighted by Gasteiger charge is 2.36. The molecule has 2 heterocycles. The summed E-state index contributed by atoms with van der Waals surface area (Å²) >= 11 is 0. The summed E-state index contributed by atoms with van der Waals surface area (Å²) in [6.07, 6.45) is 5.54. The van der Waals surface area contributed by atoms with E-state index in [1.165, 1.54) is 0 Å². The number of carbonyl (C=O) groups excluding carboxylic acids is 1. The molecule has 1 aliphatic rings. The first kappa shape index (κ1) is 10.0. The third-order valence-corrected chi connectivity index (χ3v) is 2.72. The third kappa shape index (κ3) is 2.12. The summed E-state index contributed by atoms with van der Waals surface area (Å²) in [5.74, 6) is 0.517. The van der Waals surface area contributed by atoms with E-state index in [2.05, 4.69) is 20.6 Å². The Morgan fingerprint density at radius 2 is 2.47 bits per heavy atom. The number of carbonyl (C=O) groups is 1. The summed E-state index contributed by atoms with van der Waals surface area (Å²) in [4.78, 5) is 19.8. The van der Waals surface area contributed by atoms with Crippen molar-refractivity contribution in [1.29, 1.82) is 0 Å². The van der Waals surface area contributed by atoms with Crippen LogP contribution >= 0.6 is 0 Å². The molecule has 2 rings (SSSR count). The van der Waals surface area contributed by atoms with Gasteiger partial charge in [0.15, 0.2) is 5.82 Å². The molecule has 0 spiro atoms. The van der Waals surface area contributed by atoms with Gasteiger partial charge in [-0.15, -0.1) is 0 Å². The molecule has 0 aromatic carbocycles. The fraction of sp³-hybridized carbons (Fsp3) is 0.500. The van der Waals surface area contributed by atoms with Crippen LogP contribution in [-0.4, -0.2) is 29.0 Å². The van der Waals surface area contributed by atoms with Gasteiger partial charge in [-0.3, -0.25) is 9.78 Å². The average Bonchev–Trinajstić information content (AvgIpc) is 2.68. The van der Waals surface area contributed by atoms with Crippen LogP contribution in [0.25, 0.3) is 0 Å². The van der Waals surface area contributed by atoms with Crippen LogP contribution in [0.15, 0.2) is 18.6 Å². The number of amides is 1. The largest absolute Gasteiger partial charge is 0.316 e. The van der Waals surface area contributed by atoms with Crippen molar-refractivity contribution < 1.29 is 4.79 Å². The molecular formula is C10H14N4O. The Morgan fingerprint density at radius 3 is 3.07 bits per heavy atom. The number of aromatic nitrogens is 2. The lowest BCUT2D eigenvalue weighted by molar-refractivity contribution is -0.123. The van der Waals surface area contributed by atoms with Crippen LogP contribution in [0.4, 0.5) is 5.82 Å². The molecule has 5 heteroatoms. The van der Waals surface area contributed by atoms with E-state index in [-0.39, 0.29) is 11.3 Å². The molecule has 80 valence electrons. The highest BCUT2D eigenvalue weighted by Crippen LogP contribution is 2.25. The fourth-order valence-electron chi connectivity index (χ4n) is 1.64. The van der Waals surface area contributed by atoms with Crippen LogP contribution in [0, 0.1) is 5.41 Å². The van der Waals surface area contributed by atoms with Gasteiger partial charge in [0.1, 0.15) is 0 Å². The van der Waals surface area contributed by atoms with E-state index in [0.717, 1.165) is 19.5 Å². The normalized spacial score (nSPS) is 25.1. The minimum Gasteiger partial charge on any atom is -0.316 e. The molecule has 1 aromatic heterocycles. The maximum Gasteiger partial charge on any atom is 0.232 e. The van der Waals surface area contributed by atoms with E-state index in [9.17, 15) is 4.79 Å². The van der Waals surface area contributed by atoms with E-state index in [1.54, 1.807) is 18.6 Å². The van der Waals surface area contributed by atoms with Gasteiger partial charge in [-0.2, -0.15) is 0 Å². The number of nitrogens with one attached hydrogen (secondary N) is 2. The fourth-order valence-corrected chi connectivity index (χ4v) is 1.64.